The lowest BCUT2D eigenvalue weighted by Gasteiger charge is -2.33. The van der Waals surface area contributed by atoms with Crippen molar-refractivity contribution in [3.8, 4) is 22.4 Å². The van der Waals surface area contributed by atoms with Crippen molar-refractivity contribution in [1.82, 2.24) is 19.9 Å². The number of H-pyrrole nitrogens is 1. The first-order chi connectivity index (χ1) is 19.6. The minimum absolute atomic E-state index is 0.0310. The predicted molar refractivity (Wildman–Crippen MR) is 159 cm³/mol. The maximum atomic E-state index is 15.3. The molecule has 3 aromatic heterocycles. The van der Waals surface area contributed by atoms with Gasteiger partial charge in [-0.05, 0) is 74.9 Å². The van der Waals surface area contributed by atoms with Gasteiger partial charge in [0.1, 0.15) is 17.3 Å². The zero-order valence-electron chi connectivity index (χ0n) is 23.8. The molecular formula is C32H34FN5O3. The first kappa shape index (κ1) is 28.2. The number of halogens is 1. The van der Waals surface area contributed by atoms with Crippen LogP contribution in [0.5, 0.6) is 0 Å². The van der Waals surface area contributed by atoms with E-state index in [0.717, 1.165) is 37.6 Å². The number of allylic oxidation sites excluding steroid dienone is 1. The molecule has 212 valence electrons. The predicted octanol–water partition coefficient (Wildman–Crippen LogP) is 5.35. The molecule has 4 aromatic rings. The summed E-state index contributed by atoms with van der Waals surface area (Å²) < 4.78 is 20.7. The molecule has 0 aliphatic carbocycles. The molecule has 8 nitrogen and oxygen atoms in total. The van der Waals surface area contributed by atoms with Gasteiger partial charge in [-0.2, -0.15) is 0 Å². The average Bonchev–Trinajstić information content (AvgIpc) is 3.34. The summed E-state index contributed by atoms with van der Waals surface area (Å²) in [5, 5.41) is 0.630. The van der Waals surface area contributed by atoms with E-state index in [1.807, 2.05) is 18.2 Å². The summed E-state index contributed by atoms with van der Waals surface area (Å²) in [6.45, 7) is 12.5. The first-order valence-electron chi connectivity index (χ1n) is 13.7. The molecule has 0 bridgehead atoms. The molecule has 41 heavy (non-hydrogen) atoms. The molecule has 5 rings (SSSR count). The minimum atomic E-state index is -0.492. The minimum Gasteiger partial charge on any atom is -0.459 e. The zero-order valence-corrected chi connectivity index (χ0v) is 23.8. The smallest absolute Gasteiger partial charge is 0.339 e. The molecule has 1 N–H and O–H groups in total. The molecule has 9 heteroatoms. The maximum absolute atomic E-state index is 15.3. The highest BCUT2D eigenvalue weighted by Crippen LogP contribution is 2.39. The van der Waals surface area contributed by atoms with Crippen molar-refractivity contribution >= 4 is 28.6 Å². The number of hydrogen-bond acceptors (Lipinski definition) is 7. The standard InChI is InChI=1S/C32H34FN5O3/c1-6-25(39)14-22-13-23(16-27(33)20(22)4)29-26-15-24(32(40)41-19(2)3)18-35-31(26)36-30(29)21-7-8-28(34-17-21)38-11-9-37(5)10-12-38/h6-8,13,15-19H,1,9-12,14H2,2-5H3,(H,35,36). The van der Waals surface area contributed by atoms with Gasteiger partial charge in [0.2, 0.25) is 0 Å². The average molecular weight is 556 g/mol. The Balaban J connectivity index is 1.65. The van der Waals surface area contributed by atoms with E-state index in [2.05, 4.69) is 33.4 Å². The Kier molecular flexibility index (Phi) is 7.99. The summed E-state index contributed by atoms with van der Waals surface area (Å²) in [7, 11) is 2.11. The van der Waals surface area contributed by atoms with Crippen LogP contribution in [0.1, 0.15) is 35.3 Å². The van der Waals surface area contributed by atoms with Gasteiger partial charge in [0.05, 0.1) is 17.4 Å². The molecule has 1 saturated heterocycles. The lowest BCUT2D eigenvalue weighted by molar-refractivity contribution is -0.114. The third-order valence-electron chi connectivity index (χ3n) is 7.43. The number of fused-ring (bicyclic) bond motifs is 1. The van der Waals surface area contributed by atoms with Crippen LogP contribution < -0.4 is 4.90 Å². The van der Waals surface area contributed by atoms with Gasteiger partial charge in [-0.3, -0.25) is 4.79 Å². The van der Waals surface area contributed by atoms with Crippen molar-refractivity contribution in [3.63, 3.8) is 0 Å². The van der Waals surface area contributed by atoms with E-state index in [-0.39, 0.29) is 23.9 Å². The van der Waals surface area contributed by atoms with Gasteiger partial charge >= 0.3 is 5.97 Å². The Morgan fingerprint density at radius 2 is 1.85 bits per heavy atom. The van der Waals surface area contributed by atoms with E-state index in [9.17, 15) is 9.59 Å². The summed E-state index contributed by atoms with van der Waals surface area (Å²) >= 11 is 0. The van der Waals surface area contributed by atoms with Gasteiger partial charge in [-0.25, -0.2) is 19.2 Å². The van der Waals surface area contributed by atoms with Gasteiger partial charge in [-0.15, -0.1) is 0 Å². The Bertz CT molecular complexity index is 1620. The molecule has 0 unspecified atom stereocenters. The quantitative estimate of drug-likeness (QED) is 0.231. The lowest BCUT2D eigenvalue weighted by Crippen LogP contribution is -2.44. The second-order valence-electron chi connectivity index (χ2n) is 10.7. The number of pyridine rings is 2. The van der Waals surface area contributed by atoms with E-state index < -0.39 is 11.8 Å². The number of ether oxygens (including phenoxy) is 1. The molecule has 1 aromatic carbocycles. The topological polar surface area (TPSA) is 91.4 Å². The van der Waals surface area contributed by atoms with Crippen molar-refractivity contribution in [2.75, 3.05) is 38.1 Å². The number of likely N-dealkylation sites (N-methyl/N-ethyl adjacent to an activating group) is 1. The molecule has 1 aliphatic rings. The number of carbonyl (C=O) groups excluding carboxylic acids is 2. The number of nitrogens with one attached hydrogen (secondary N) is 1. The fraction of sp³-hybridized carbons (Fsp3) is 0.312. The maximum Gasteiger partial charge on any atom is 0.339 e. The van der Waals surface area contributed by atoms with Crippen molar-refractivity contribution in [2.45, 2.75) is 33.3 Å². The highest BCUT2D eigenvalue weighted by atomic mass is 19.1. The number of ketones is 1. The molecule has 0 spiro atoms. The summed E-state index contributed by atoms with van der Waals surface area (Å²) in [6.07, 6.45) is 4.24. The van der Waals surface area contributed by atoms with Gasteiger partial charge in [0, 0.05) is 61.5 Å². The van der Waals surface area contributed by atoms with Crippen LogP contribution in [0, 0.1) is 12.7 Å². The van der Waals surface area contributed by atoms with E-state index in [0.29, 0.717) is 39.0 Å². The number of nitrogens with zero attached hydrogens (tertiary/aromatic N) is 4. The van der Waals surface area contributed by atoms with Crippen LogP contribution in [0.25, 0.3) is 33.4 Å². The molecule has 1 fully saturated rings. The molecule has 1 aliphatic heterocycles. The van der Waals surface area contributed by atoms with Gasteiger partial charge in [0.15, 0.2) is 5.78 Å². The second kappa shape index (κ2) is 11.6. The Hall–Kier alpha value is -4.37. The van der Waals surface area contributed by atoms with E-state index in [1.165, 1.54) is 18.3 Å². The van der Waals surface area contributed by atoms with Crippen LogP contribution >= 0.6 is 0 Å². The summed E-state index contributed by atoms with van der Waals surface area (Å²) in [6, 6.07) is 8.94. The molecule has 0 saturated carbocycles. The van der Waals surface area contributed by atoms with Crippen molar-refractivity contribution in [1.29, 1.82) is 0 Å². The zero-order chi connectivity index (χ0) is 29.3. The number of rotatable bonds is 8. The number of anilines is 1. The number of esters is 1. The molecule has 0 amide bonds. The molecule has 4 heterocycles. The Morgan fingerprint density at radius 1 is 1.10 bits per heavy atom. The number of piperazine rings is 1. The summed E-state index contributed by atoms with van der Waals surface area (Å²) in [5.41, 5.74) is 4.48. The monoisotopic (exact) mass is 555 g/mol. The van der Waals surface area contributed by atoms with E-state index in [4.69, 9.17) is 9.72 Å². The Labute approximate surface area is 238 Å². The van der Waals surface area contributed by atoms with Crippen LogP contribution in [0.4, 0.5) is 10.2 Å². The fourth-order valence-electron chi connectivity index (χ4n) is 5.06. The van der Waals surface area contributed by atoms with Gasteiger partial charge < -0.3 is 19.5 Å². The van der Waals surface area contributed by atoms with Crippen LogP contribution in [0.15, 0.2) is 55.4 Å². The van der Waals surface area contributed by atoms with Gasteiger partial charge in [0.25, 0.3) is 0 Å². The van der Waals surface area contributed by atoms with Crippen LogP contribution in [0.2, 0.25) is 0 Å². The normalized spacial score (nSPS) is 14.0. The third kappa shape index (κ3) is 5.90. The second-order valence-corrected chi connectivity index (χ2v) is 10.7. The van der Waals surface area contributed by atoms with Crippen LogP contribution in [-0.2, 0) is 16.0 Å². The Morgan fingerprint density at radius 3 is 2.51 bits per heavy atom. The molecule has 0 radical (unpaired) electrons. The summed E-state index contributed by atoms with van der Waals surface area (Å²) in [4.78, 5) is 42.1. The largest absolute Gasteiger partial charge is 0.459 e. The van der Waals surface area contributed by atoms with E-state index in [1.54, 1.807) is 33.0 Å². The number of carbonyl (C=O) groups is 2. The third-order valence-corrected chi connectivity index (χ3v) is 7.43. The van der Waals surface area contributed by atoms with Gasteiger partial charge in [-0.1, -0.05) is 12.6 Å². The molecular weight excluding hydrogens is 521 g/mol. The highest BCUT2D eigenvalue weighted by molar-refractivity contribution is 6.05. The van der Waals surface area contributed by atoms with E-state index >= 15 is 4.39 Å². The first-order valence-corrected chi connectivity index (χ1v) is 13.7. The number of aromatic amines is 1. The summed E-state index contributed by atoms with van der Waals surface area (Å²) in [5.74, 6) is -0.231. The SMILES string of the molecule is C=CC(=O)Cc1cc(-c2c(-c3ccc(N4CCN(C)CC4)nc3)[nH]c3ncc(C(=O)OC(C)C)cc23)cc(F)c1C. The van der Waals surface area contributed by atoms with Crippen LogP contribution in [0.3, 0.4) is 0 Å². The lowest BCUT2D eigenvalue weighted by atomic mass is 9.93. The highest BCUT2D eigenvalue weighted by Gasteiger charge is 2.22. The fourth-order valence-corrected chi connectivity index (χ4v) is 5.06. The van der Waals surface area contributed by atoms with Crippen molar-refractivity contribution < 1.29 is 18.7 Å². The molecule has 0 atom stereocenters. The van der Waals surface area contributed by atoms with Crippen LogP contribution in [-0.4, -0.2) is 70.9 Å². The van der Waals surface area contributed by atoms with Crippen molar-refractivity contribution in [3.05, 3.63) is 77.9 Å². The number of benzene rings is 1. The number of hydrogen-bond donors (Lipinski definition) is 1. The van der Waals surface area contributed by atoms with Crippen molar-refractivity contribution in [2.24, 2.45) is 0 Å². The number of aromatic nitrogens is 3.